The van der Waals surface area contributed by atoms with Gasteiger partial charge in [-0.05, 0) is 24.3 Å². The molecule has 0 aliphatic carbocycles. The highest BCUT2D eigenvalue weighted by atomic mass is 35.5. The summed E-state index contributed by atoms with van der Waals surface area (Å²) in [6.45, 7) is 0.421. The summed E-state index contributed by atoms with van der Waals surface area (Å²) in [6.07, 6.45) is 0.466. The van der Waals surface area contributed by atoms with Crippen LogP contribution in [0, 0.1) is 17.7 Å². The van der Waals surface area contributed by atoms with Gasteiger partial charge in [-0.25, -0.2) is 4.39 Å². The number of ether oxygens (including phenoxy) is 1. The van der Waals surface area contributed by atoms with E-state index in [0.717, 1.165) is 9.75 Å². The Labute approximate surface area is 125 Å². The number of hydrogen-bond donors (Lipinski definition) is 1. The Hall–Kier alpha value is -1.54. The predicted octanol–water partition coefficient (Wildman–Crippen LogP) is 3.85. The van der Waals surface area contributed by atoms with Crippen LogP contribution >= 0.6 is 22.9 Å². The van der Waals surface area contributed by atoms with Crippen LogP contribution < -0.4 is 4.74 Å². The van der Waals surface area contributed by atoms with Crippen LogP contribution in [0.3, 0.4) is 0 Å². The van der Waals surface area contributed by atoms with E-state index in [1.54, 1.807) is 6.07 Å². The highest BCUT2D eigenvalue weighted by molar-refractivity contribution is 7.12. The van der Waals surface area contributed by atoms with Gasteiger partial charge in [0.05, 0.1) is 16.5 Å². The number of benzene rings is 1. The first-order chi connectivity index (χ1) is 9.69. The van der Waals surface area contributed by atoms with Gasteiger partial charge in [0.1, 0.15) is 18.2 Å². The normalized spacial score (nSPS) is 9.95. The number of halogens is 2. The van der Waals surface area contributed by atoms with Crippen LogP contribution in [0.25, 0.3) is 0 Å². The van der Waals surface area contributed by atoms with Crippen molar-refractivity contribution >= 4 is 22.9 Å². The Morgan fingerprint density at radius 3 is 2.90 bits per heavy atom. The molecule has 0 spiro atoms. The van der Waals surface area contributed by atoms with Crippen molar-refractivity contribution in [2.24, 2.45) is 0 Å². The molecule has 1 N–H and O–H groups in total. The maximum absolute atomic E-state index is 13.2. The molecule has 20 heavy (non-hydrogen) atoms. The second-order valence-electron chi connectivity index (χ2n) is 3.91. The lowest BCUT2D eigenvalue weighted by atomic mass is 10.3. The van der Waals surface area contributed by atoms with Crippen LogP contribution in [0.2, 0.25) is 5.02 Å². The summed E-state index contributed by atoms with van der Waals surface area (Å²) in [7, 11) is 0. The summed E-state index contributed by atoms with van der Waals surface area (Å²) >= 11 is 7.11. The van der Waals surface area contributed by atoms with Crippen molar-refractivity contribution in [3.63, 3.8) is 0 Å². The van der Waals surface area contributed by atoms with Gasteiger partial charge < -0.3 is 9.84 Å². The summed E-state index contributed by atoms with van der Waals surface area (Å²) in [4.78, 5) is 1.91. The van der Waals surface area contributed by atoms with E-state index in [1.165, 1.54) is 23.5 Å². The van der Waals surface area contributed by atoms with Crippen molar-refractivity contribution < 1.29 is 14.2 Å². The van der Waals surface area contributed by atoms with E-state index < -0.39 is 5.82 Å². The molecule has 0 aliphatic rings. The number of aliphatic hydroxyl groups is 1. The highest BCUT2D eigenvalue weighted by Crippen LogP contribution is 2.22. The van der Waals surface area contributed by atoms with Gasteiger partial charge in [-0.15, -0.1) is 11.3 Å². The first kappa shape index (κ1) is 14.9. The van der Waals surface area contributed by atoms with Gasteiger partial charge in [-0.1, -0.05) is 23.4 Å². The zero-order chi connectivity index (χ0) is 14.4. The largest absolute Gasteiger partial charge is 0.488 e. The molecular weight excluding hydrogens is 299 g/mol. The maximum Gasteiger partial charge on any atom is 0.145 e. The van der Waals surface area contributed by atoms with E-state index >= 15 is 0 Å². The monoisotopic (exact) mass is 310 g/mol. The van der Waals surface area contributed by atoms with Crippen LogP contribution in [0.1, 0.15) is 16.2 Å². The standard InChI is InChI=1S/C15H12ClFO2S/c16-14-7-4-11(9-15(14)17)19-10-13-6-5-12(20-13)3-1-2-8-18/h4-7,9,18H,2,8,10H2. The van der Waals surface area contributed by atoms with E-state index in [2.05, 4.69) is 11.8 Å². The molecule has 0 unspecified atom stereocenters. The molecule has 0 atom stereocenters. The van der Waals surface area contributed by atoms with E-state index in [4.69, 9.17) is 21.4 Å². The second kappa shape index (κ2) is 7.30. The number of thiophene rings is 1. The Bertz CT molecular complexity index is 643. The molecule has 0 radical (unpaired) electrons. The van der Waals surface area contributed by atoms with Gasteiger partial charge in [0.25, 0.3) is 0 Å². The Morgan fingerprint density at radius 2 is 2.15 bits per heavy atom. The second-order valence-corrected chi connectivity index (χ2v) is 5.48. The number of aliphatic hydroxyl groups excluding tert-OH is 1. The topological polar surface area (TPSA) is 29.5 Å². The zero-order valence-electron chi connectivity index (χ0n) is 10.5. The molecule has 2 nitrogen and oxygen atoms in total. The predicted molar refractivity (Wildman–Crippen MR) is 78.6 cm³/mol. The minimum atomic E-state index is -0.495. The third-order valence-corrected chi connectivity index (χ3v) is 3.66. The molecule has 2 rings (SSSR count). The molecular formula is C15H12ClFO2S. The molecule has 0 fully saturated rings. The Balaban J connectivity index is 1.94. The molecule has 1 aromatic heterocycles. The average molecular weight is 311 g/mol. The van der Waals surface area contributed by atoms with E-state index in [1.807, 2.05) is 12.1 Å². The summed E-state index contributed by atoms with van der Waals surface area (Å²) in [5.74, 6) is 5.76. The molecule has 0 saturated heterocycles. The smallest absolute Gasteiger partial charge is 0.145 e. The fraction of sp³-hybridized carbons (Fsp3) is 0.200. The van der Waals surface area contributed by atoms with Crippen LogP contribution in [-0.4, -0.2) is 11.7 Å². The van der Waals surface area contributed by atoms with Gasteiger partial charge in [-0.3, -0.25) is 0 Å². The fourth-order valence-electron chi connectivity index (χ4n) is 1.45. The van der Waals surface area contributed by atoms with Crippen LogP contribution in [0.5, 0.6) is 5.75 Å². The number of rotatable bonds is 4. The van der Waals surface area contributed by atoms with Crippen molar-refractivity contribution in [3.8, 4) is 17.6 Å². The fourth-order valence-corrected chi connectivity index (χ4v) is 2.36. The van der Waals surface area contributed by atoms with Gasteiger partial charge in [-0.2, -0.15) is 0 Å². The van der Waals surface area contributed by atoms with Crippen LogP contribution in [-0.2, 0) is 6.61 Å². The number of hydrogen-bond acceptors (Lipinski definition) is 3. The summed E-state index contributed by atoms with van der Waals surface area (Å²) in [6, 6.07) is 8.17. The lowest BCUT2D eigenvalue weighted by Gasteiger charge is -2.04. The Morgan fingerprint density at radius 1 is 1.30 bits per heavy atom. The first-order valence-electron chi connectivity index (χ1n) is 5.95. The minimum Gasteiger partial charge on any atom is -0.488 e. The molecule has 1 heterocycles. The molecule has 5 heteroatoms. The van der Waals surface area contributed by atoms with Crippen molar-refractivity contribution in [1.29, 1.82) is 0 Å². The van der Waals surface area contributed by atoms with Gasteiger partial charge in [0.15, 0.2) is 0 Å². The van der Waals surface area contributed by atoms with Gasteiger partial charge in [0, 0.05) is 17.4 Å². The summed E-state index contributed by atoms with van der Waals surface area (Å²) < 4.78 is 18.7. The van der Waals surface area contributed by atoms with Gasteiger partial charge in [0.2, 0.25) is 0 Å². The average Bonchev–Trinajstić information content (AvgIpc) is 2.88. The lowest BCUT2D eigenvalue weighted by molar-refractivity contribution is 0.305. The van der Waals surface area contributed by atoms with Crippen molar-refractivity contribution in [2.45, 2.75) is 13.0 Å². The SMILES string of the molecule is OCCC#Cc1ccc(COc2ccc(Cl)c(F)c2)s1. The maximum atomic E-state index is 13.2. The lowest BCUT2D eigenvalue weighted by Crippen LogP contribution is -1.93. The third-order valence-electron chi connectivity index (χ3n) is 2.38. The molecule has 104 valence electrons. The quantitative estimate of drug-likeness (QED) is 0.869. The van der Waals surface area contributed by atoms with Crippen molar-refractivity contribution in [2.75, 3.05) is 6.61 Å². The van der Waals surface area contributed by atoms with E-state index in [-0.39, 0.29) is 11.6 Å². The summed E-state index contributed by atoms with van der Waals surface area (Å²) in [5, 5.41) is 8.72. The molecule has 2 aromatic rings. The Kier molecular flexibility index (Phi) is 5.42. The van der Waals surface area contributed by atoms with E-state index in [9.17, 15) is 4.39 Å². The van der Waals surface area contributed by atoms with Crippen molar-refractivity contribution in [3.05, 3.63) is 50.9 Å². The highest BCUT2D eigenvalue weighted by Gasteiger charge is 2.03. The minimum absolute atomic E-state index is 0.0659. The summed E-state index contributed by atoms with van der Waals surface area (Å²) in [5.41, 5.74) is 0. The van der Waals surface area contributed by atoms with Crippen LogP contribution in [0.15, 0.2) is 30.3 Å². The molecule has 1 aromatic carbocycles. The third kappa shape index (κ3) is 4.24. The van der Waals surface area contributed by atoms with Crippen LogP contribution in [0.4, 0.5) is 4.39 Å². The first-order valence-corrected chi connectivity index (χ1v) is 7.15. The van der Waals surface area contributed by atoms with E-state index in [0.29, 0.717) is 18.8 Å². The molecule has 0 aliphatic heterocycles. The zero-order valence-corrected chi connectivity index (χ0v) is 12.1. The molecule has 0 bridgehead atoms. The van der Waals surface area contributed by atoms with Gasteiger partial charge >= 0.3 is 0 Å². The van der Waals surface area contributed by atoms with Crippen molar-refractivity contribution in [1.82, 2.24) is 0 Å². The molecule has 0 amide bonds. The molecule has 0 saturated carbocycles.